The molecule has 0 aliphatic heterocycles. The lowest BCUT2D eigenvalue weighted by Gasteiger charge is -2.12. The van der Waals surface area contributed by atoms with Crippen LogP contribution in [0.4, 0.5) is 18.9 Å². The summed E-state index contributed by atoms with van der Waals surface area (Å²) < 4.78 is 62.3. The fourth-order valence-corrected chi connectivity index (χ4v) is 3.81. The summed E-state index contributed by atoms with van der Waals surface area (Å²) in [4.78, 5) is 17.4. The zero-order chi connectivity index (χ0) is 23.8. The number of nitrogens with zero attached hydrogens (tertiary/aromatic N) is 1. The van der Waals surface area contributed by atoms with E-state index in [1.165, 1.54) is 42.5 Å². The molecule has 0 atom stereocenters. The third-order valence-electron chi connectivity index (χ3n) is 4.89. The molecular weight excluding hydrogens is 455 g/mol. The molecule has 0 spiro atoms. The van der Waals surface area contributed by atoms with Gasteiger partial charge >= 0.3 is 6.18 Å². The number of hydrogen-bond acceptors (Lipinski definition) is 4. The van der Waals surface area contributed by atoms with E-state index >= 15 is 0 Å². The van der Waals surface area contributed by atoms with E-state index < -0.39 is 27.7 Å². The SMILES string of the molecule is NS(=O)(=O)c1ccc(NC(=O)c2cc(-c3cccc(C(F)(F)F)c3)nc3ccccc23)cc1. The van der Waals surface area contributed by atoms with Crippen LogP contribution in [0.25, 0.3) is 22.2 Å². The number of halogens is 3. The van der Waals surface area contributed by atoms with Crippen molar-refractivity contribution in [3.05, 3.63) is 90.0 Å². The van der Waals surface area contributed by atoms with Crippen LogP contribution in [0.1, 0.15) is 15.9 Å². The number of carbonyl (C=O) groups excluding carboxylic acids is 1. The molecule has 1 heterocycles. The number of sulfonamides is 1. The van der Waals surface area contributed by atoms with Gasteiger partial charge in [0.2, 0.25) is 10.0 Å². The first-order valence-electron chi connectivity index (χ1n) is 9.54. The van der Waals surface area contributed by atoms with E-state index in [9.17, 15) is 26.4 Å². The van der Waals surface area contributed by atoms with E-state index in [4.69, 9.17) is 5.14 Å². The molecule has 0 fully saturated rings. The molecule has 3 N–H and O–H groups in total. The Hall–Kier alpha value is -3.76. The molecule has 0 unspecified atom stereocenters. The summed E-state index contributed by atoms with van der Waals surface area (Å²) >= 11 is 0. The lowest BCUT2D eigenvalue weighted by molar-refractivity contribution is -0.137. The summed E-state index contributed by atoms with van der Waals surface area (Å²) in [7, 11) is -3.88. The lowest BCUT2D eigenvalue weighted by atomic mass is 10.0. The first kappa shape index (κ1) is 22.4. The Morgan fingerprint density at radius 1 is 0.909 bits per heavy atom. The number of fused-ring (bicyclic) bond motifs is 1. The number of aromatic nitrogens is 1. The highest BCUT2D eigenvalue weighted by atomic mass is 32.2. The molecule has 0 aliphatic carbocycles. The lowest BCUT2D eigenvalue weighted by Crippen LogP contribution is -2.14. The van der Waals surface area contributed by atoms with E-state index in [2.05, 4.69) is 10.3 Å². The van der Waals surface area contributed by atoms with Crippen molar-refractivity contribution >= 4 is 32.5 Å². The summed E-state index contributed by atoms with van der Waals surface area (Å²) in [5.74, 6) is -0.537. The summed E-state index contributed by atoms with van der Waals surface area (Å²) in [5, 5.41) is 8.25. The highest BCUT2D eigenvalue weighted by molar-refractivity contribution is 7.89. The number of nitrogens with one attached hydrogen (secondary N) is 1. The minimum atomic E-state index is -4.52. The molecule has 0 saturated heterocycles. The number of benzene rings is 3. The van der Waals surface area contributed by atoms with Gasteiger partial charge in [-0.05, 0) is 48.5 Å². The van der Waals surface area contributed by atoms with Crippen LogP contribution in [0.3, 0.4) is 0 Å². The van der Waals surface area contributed by atoms with Crippen molar-refractivity contribution in [3.8, 4) is 11.3 Å². The van der Waals surface area contributed by atoms with Crippen LogP contribution in [0.5, 0.6) is 0 Å². The van der Waals surface area contributed by atoms with Crippen molar-refractivity contribution < 1.29 is 26.4 Å². The van der Waals surface area contributed by atoms with Crippen LogP contribution < -0.4 is 10.5 Å². The minimum absolute atomic E-state index is 0.110. The fraction of sp³-hybridized carbons (Fsp3) is 0.0435. The summed E-state index contributed by atoms with van der Waals surface area (Å²) in [6.45, 7) is 0. The Balaban J connectivity index is 1.75. The Labute approximate surface area is 186 Å². The van der Waals surface area contributed by atoms with E-state index in [0.717, 1.165) is 12.1 Å². The standard InChI is InChI=1S/C23H16F3N3O3S/c24-23(25,26)15-5-3-4-14(12-15)21-13-19(18-6-1-2-7-20(18)29-21)22(30)28-16-8-10-17(11-9-16)33(27,31)32/h1-13H,(H,28,30)(H2,27,31,32). The van der Waals surface area contributed by atoms with Crippen molar-refractivity contribution in [2.24, 2.45) is 5.14 Å². The van der Waals surface area contributed by atoms with Crippen molar-refractivity contribution in [3.63, 3.8) is 0 Å². The number of para-hydroxylation sites is 1. The molecule has 0 aliphatic rings. The number of anilines is 1. The second-order valence-corrected chi connectivity index (χ2v) is 8.74. The topological polar surface area (TPSA) is 102 Å². The summed E-state index contributed by atoms with van der Waals surface area (Å²) in [5.41, 5.74) is 0.534. The zero-order valence-electron chi connectivity index (χ0n) is 16.8. The normalized spacial score (nSPS) is 12.0. The average molecular weight is 471 g/mol. The predicted molar refractivity (Wildman–Crippen MR) is 118 cm³/mol. The van der Waals surface area contributed by atoms with Crippen LogP contribution in [0.2, 0.25) is 0 Å². The van der Waals surface area contributed by atoms with Gasteiger partial charge < -0.3 is 5.32 Å². The largest absolute Gasteiger partial charge is 0.416 e. The molecule has 6 nitrogen and oxygen atoms in total. The summed E-state index contributed by atoms with van der Waals surface area (Å²) in [6.07, 6.45) is -4.52. The Kier molecular flexibility index (Phi) is 5.64. The van der Waals surface area contributed by atoms with Gasteiger partial charge in [0.1, 0.15) is 0 Å². The van der Waals surface area contributed by atoms with Crippen LogP contribution in [0.15, 0.2) is 83.8 Å². The predicted octanol–water partition coefficient (Wildman–Crippen LogP) is 4.82. The van der Waals surface area contributed by atoms with Gasteiger partial charge in [0.25, 0.3) is 5.91 Å². The number of primary sulfonamides is 1. The van der Waals surface area contributed by atoms with E-state index in [-0.39, 0.29) is 21.7 Å². The third-order valence-corrected chi connectivity index (χ3v) is 5.82. The molecule has 4 aromatic rings. The van der Waals surface area contributed by atoms with Gasteiger partial charge in [-0.2, -0.15) is 13.2 Å². The highest BCUT2D eigenvalue weighted by Crippen LogP contribution is 2.33. The number of rotatable bonds is 4. The van der Waals surface area contributed by atoms with Gasteiger partial charge in [0.15, 0.2) is 0 Å². The maximum atomic E-state index is 13.2. The van der Waals surface area contributed by atoms with Gasteiger partial charge in [-0.1, -0.05) is 30.3 Å². The maximum Gasteiger partial charge on any atom is 0.416 e. The molecule has 1 aromatic heterocycles. The fourth-order valence-electron chi connectivity index (χ4n) is 3.29. The molecule has 0 bridgehead atoms. The Morgan fingerprint density at radius 2 is 1.61 bits per heavy atom. The number of amides is 1. The third kappa shape index (κ3) is 4.86. The van der Waals surface area contributed by atoms with Crippen molar-refractivity contribution in [1.29, 1.82) is 0 Å². The number of alkyl halides is 3. The van der Waals surface area contributed by atoms with Crippen molar-refractivity contribution in [1.82, 2.24) is 4.98 Å². The molecule has 0 radical (unpaired) electrons. The second-order valence-electron chi connectivity index (χ2n) is 7.17. The zero-order valence-corrected chi connectivity index (χ0v) is 17.6. The summed E-state index contributed by atoms with van der Waals surface area (Å²) in [6, 6.07) is 18.2. The second kappa shape index (κ2) is 8.30. The van der Waals surface area contributed by atoms with Crippen LogP contribution >= 0.6 is 0 Å². The number of carbonyl (C=O) groups is 1. The van der Waals surface area contributed by atoms with Crippen LogP contribution in [-0.4, -0.2) is 19.3 Å². The van der Waals surface area contributed by atoms with Crippen molar-refractivity contribution in [2.45, 2.75) is 11.1 Å². The maximum absolute atomic E-state index is 13.2. The monoisotopic (exact) mass is 471 g/mol. The number of pyridine rings is 1. The molecule has 0 saturated carbocycles. The average Bonchev–Trinajstić information content (AvgIpc) is 2.77. The number of nitrogens with two attached hydrogens (primary N) is 1. The molecular formula is C23H16F3N3O3S. The molecule has 33 heavy (non-hydrogen) atoms. The van der Waals surface area contributed by atoms with Crippen molar-refractivity contribution in [2.75, 3.05) is 5.32 Å². The first-order valence-corrected chi connectivity index (χ1v) is 11.1. The van der Waals surface area contributed by atoms with Gasteiger partial charge in [0, 0.05) is 16.6 Å². The van der Waals surface area contributed by atoms with E-state index in [1.54, 1.807) is 24.3 Å². The molecule has 4 rings (SSSR count). The highest BCUT2D eigenvalue weighted by Gasteiger charge is 2.30. The Bertz CT molecular complexity index is 1470. The quantitative estimate of drug-likeness (QED) is 0.445. The van der Waals surface area contributed by atoms with Crippen LogP contribution in [-0.2, 0) is 16.2 Å². The molecule has 1 amide bonds. The van der Waals surface area contributed by atoms with Crippen LogP contribution in [0, 0.1) is 0 Å². The Morgan fingerprint density at radius 3 is 2.27 bits per heavy atom. The number of hydrogen-bond donors (Lipinski definition) is 2. The smallest absolute Gasteiger partial charge is 0.322 e. The van der Waals surface area contributed by atoms with Gasteiger partial charge in [-0.3, -0.25) is 4.79 Å². The van der Waals surface area contributed by atoms with Gasteiger partial charge in [0.05, 0.1) is 27.2 Å². The van der Waals surface area contributed by atoms with Gasteiger partial charge in [-0.15, -0.1) is 0 Å². The first-order chi connectivity index (χ1) is 15.5. The molecule has 3 aromatic carbocycles. The van der Waals surface area contributed by atoms with E-state index in [1.807, 2.05) is 0 Å². The minimum Gasteiger partial charge on any atom is -0.322 e. The molecule has 10 heteroatoms. The molecule has 168 valence electrons. The van der Waals surface area contributed by atoms with Gasteiger partial charge in [-0.25, -0.2) is 18.5 Å². The van der Waals surface area contributed by atoms with E-state index in [0.29, 0.717) is 16.6 Å².